The molecule has 4 atom stereocenters. The predicted molar refractivity (Wildman–Crippen MR) is 71.6 cm³/mol. The van der Waals surface area contributed by atoms with Crippen molar-refractivity contribution >= 4 is 5.91 Å². The van der Waals surface area contributed by atoms with Gasteiger partial charge in [-0.3, -0.25) is 4.79 Å². The summed E-state index contributed by atoms with van der Waals surface area (Å²) >= 11 is 0. The molecule has 0 spiro atoms. The lowest BCUT2D eigenvalue weighted by molar-refractivity contribution is -0.138. The largest absolute Gasteiger partial charge is 0.338 e. The van der Waals surface area contributed by atoms with E-state index in [1.54, 1.807) is 0 Å². The van der Waals surface area contributed by atoms with Crippen LogP contribution in [0, 0.1) is 17.8 Å². The molecule has 1 heterocycles. The van der Waals surface area contributed by atoms with Crippen LogP contribution in [0.1, 0.15) is 47.5 Å². The van der Waals surface area contributed by atoms with Gasteiger partial charge in [-0.2, -0.15) is 0 Å². The SMILES string of the molecule is CC(C)CC(N)C(=O)N1CC(C)CC(C)C1C. The van der Waals surface area contributed by atoms with Gasteiger partial charge in [0.1, 0.15) is 0 Å². The molecule has 2 N–H and O–H groups in total. The number of carbonyl (C=O) groups is 1. The molecule has 3 nitrogen and oxygen atoms in total. The third kappa shape index (κ3) is 3.70. The van der Waals surface area contributed by atoms with E-state index in [4.69, 9.17) is 5.73 Å². The summed E-state index contributed by atoms with van der Waals surface area (Å²) in [5.74, 6) is 1.79. The molecule has 1 saturated heterocycles. The molecule has 100 valence electrons. The number of nitrogens with zero attached hydrogens (tertiary/aromatic N) is 1. The average molecular weight is 240 g/mol. The Bertz CT molecular complexity index is 265. The second-order valence-electron chi connectivity index (χ2n) is 6.29. The fraction of sp³-hybridized carbons (Fsp3) is 0.929. The van der Waals surface area contributed by atoms with Gasteiger partial charge < -0.3 is 10.6 Å². The minimum atomic E-state index is -0.324. The summed E-state index contributed by atoms with van der Waals surface area (Å²) in [5, 5.41) is 0. The lowest BCUT2D eigenvalue weighted by Gasteiger charge is -2.42. The third-order valence-corrected chi connectivity index (χ3v) is 3.92. The van der Waals surface area contributed by atoms with Gasteiger partial charge in [0.25, 0.3) is 0 Å². The molecule has 4 unspecified atom stereocenters. The fourth-order valence-corrected chi connectivity index (χ4v) is 2.83. The van der Waals surface area contributed by atoms with Crippen molar-refractivity contribution in [2.45, 2.75) is 59.5 Å². The molecule has 0 saturated carbocycles. The highest BCUT2D eigenvalue weighted by Gasteiger charge is 2.33. The van der Waals surface area contributed by atoms with Crippen molar-refractivity contribution in [1.82, 2.24) is 4.90 Å². The van der Waals surface area contributed by atoms with Crippen molar-refractivity contribution < 1.29 is 4.79 Å². The zero-order chi connectivity index (χ0) is 13.2. The van der Waals surface area contributed by atoms with Crippen LogP contribution in [0.2, 0.25) is 0 Å². The summed E-state index contributed by atoms with van der Waals surface area (Å²) in [4.78, 5) is 14.3. The first-order valence-corrected chi connectivity index (χ1v) is 6.89. The molecule has 1 aliphatic rings. The maximum absolute atomic E-state index is 12.3. The normalized spacial score (nSPS) is 31.7. The molecule has 3 heteroatoms. The number of carbonyl (C=O) groups excluding carboxylic acids is 1. The first-order chi connectivity index (χ1) is 7.82. The van der Waals surface area contributed by atoms with Crippen LogP contribution in [0.15, 0.2) is 0 Å². The Balaban J connectivity index is 2.66. The lowest BCUT2D eigenvalue weighted by Crippen LogP contribution is -2.54. The van der Waals surface area contributed by atoms with Crippen molar-refractivity contribution in [2.75, 3.05) is 6.54 Å². The van der Waals surface area contributed by atoms with Gasteiger partial charge in [0.05, 0.1) is 6.04 Å². The molecular formula is C14H28N2O. The van der Waals surface area contributed by atoms with Crippen LogP contribution >= 0.6 is 0 Å². The number of amides is 1. The minimum absolute atomic E-state index is 0.143. The predicted octanol–water partition coefficient (Wildman–Crippen LogP) is 2.25. The molecule has 0 aliphatic carbocycles. The van der Waals surface area contributed by atoms with E-state index in [0.29, 0.717) is 23.8 Å². The van der Waals surface area contributed by atoms with E-state index in [9.17, 15) is 4.79 Å². The third-order valence-electron chi connectivity index (χ3n) is 3.92. The van der Waals surface area contributed by atoms with Gasteiger partial charge in [0.2, 0.25) is 5.91 Å². The van der Waals surface area contributed by atoms with E-state index in [0.717, 1.165) is 13.0 Å². The number of hydrogen-bond donors (Lipinski definition) is 1. The van der Waals surface area contributed by atoms with Crippen LogP contribution in [-0.4, -0.2) is 29.4 Å². The smallest absolute Gasteiger partial charge is 0.239 e. The highest BCUT2D eigenvalue weighted by molar-refractivity contribution is 5.82. The molecule has 0 aromatic carbocycles. The Kier molecular flexibility index (Phi) is 4.99. The van der Waals surface area contributed by atoms with E-state index >= 15 is 0 Å². The molecule has 0 radical (unpaired) electrons. The quantitative estimate of drug-likeness (QED) is 0.822. The summed E-state index contributed by atoms with van der Waals surface area (Å²) in [6, 6.07) is 0.00635. The Morgan fingerprint density at radius 3 is 2.47 bits per heavy atom. The highest BCUT2D eigenvalue weighted by Crippen LogP contribution is 2.27. The second-order valence-corrected chi connectivity index (χ2v) is 6.29. The summed E-state index contributed by atoms with van der Waals surface area (Å²) in [7, 11) is 0. The molecule has 0 aromatic rings. The van der Waals surface area contributed by atoms with Crippen LogP contribution in [0.3, 0.4) is 0 Å². The van der Waals surface area contributed by atoms with E-state index in [2.05, 4.69) is 34.6 Å². The van der Waals surface area contributed by atoms with Gasteiger partial charge in [0, 0.05) is 12.6 Å². The Morgan fingerprint density at radius 1 is 1.35 bits per heavy atom. The van der Waals surface area contributed by atoms with Crippen LogP contribution in [0.4, 0.5) is 0 Å². The minimum Gasteiger partial charge on any atom is -0.338 e. The van der Waals surface area contributed by atoms with Crippen molar-refractivity contribution in [3.63, 3.8) is 0 Å². The van der Waals surface area contributed by atoms with E-state index in [1.165, 1.54) is 6.42 Å². The molecule has 1 rings (SSSR count). The Labute approximate surface area is 106 Å². The summed E-state index contributed by atoms with van der Waals surface area (Å²) in [5.41, 5.74) is 6.01. The molecular weight excluding hydrogens is 212 g/mol. The Hall–Kier alpha value is -0.570. The summed E-state index contributed by atoms with van der Waals surface area (Å²) in [6.45, 7) is 11.7. The number of likely N-dealkylation sites (tertiary alicyclic amines) is 1. The van der Waals surface area contributed by atoms with Gasteiger partial charge in [-0.1, -0.05) is 27.7 Å². The zero-order valence-corrected chi connectivity index (χ0v) is 11.9. The molecule has 1 aliphatic heterocycles. The van der Waals surface area contributed by atoms with Crippen molar-refractivity contribution in [3.8, 4) is 0 Å². The topological polar surface area (TPSA) is 46.3 Å². The second kappa shape index (κ2) is 5.85. The average Bonchev–Trinajstić information content (AvgIpc) is 2.21. The van der Waals surface area contributed by atoms with Gasteiger partial charge >= 0.3 is 0 Å². The number of piperidine rings is 1. The van der Waals surface area contributed by atoms with Gasteiger partial charge in [0.15, 0.2) is 0 Å². The first-order valence-electron chi connectivity index (χ1n) is 6.89. The van der Waals surface area contributed by atoms with Crippen LogP contribution in [-0.2, 0) is 4.79 Å². The highest BCUT2D eigenvalue weighted by atomic mass is 16.2. The maximum atomic E-state index is 12.3. The van der Waals surface area contributed by atoms with Gasteiger partial charge in [-0.15, -0.1) is 0 Å². The van der Waals surface area contributed by atoms with E-state index in [1.807, 2.05) is 4.90 Å². The molecule has 1 amide bonds. The van der Waals surface area contributed by atoms with Gasteiger partial charge in [-0.25, -0.2) is 0 Å². The molecule has 1 fully saturated rings. The molecule has 0 aromatic heterocycles. The van der Waals surface area contributed by atoms with Crippen LogP contribution in [0.25, 0.3) is 0 Å². The van der Waals surface area contributed by atoms with Crippen LogP contribution < -0.4 is 5.73 Å². The van der Waals surface area contributed by atoms with E-state index in [-0.39, 0.29) is 11.9 Å². The number of nitrogens with two attached hydrogens (primary N) is 1. The van der Waals surface area contributed by atoms with Crippen LogP contribution in [0.5, 0.6) is 0 Å². The number of rotatable bonds is 3. The lowest BCUT2D eigenvalue weighted by atomic mass is 9.85. The Morgan fingerprint density at radius 2 is 1.94 bits per heavy atom. The maximum Gasteiger partial charge on any atom is 0.239 e. The standard InChI is InChI=1S/C14H28N2O/c1-9(2)6-13(15)14(17)16-8-10(3)7-11(4)12(16)5/h9-13H,6-8,15H2,1-5H3. The first kappa shape index (κ1) is 14.5. The van der Waals surface area contributed by atoms with Crippen molar-refractivity contribution in [2.24, 2.45) is 23.5 Å². The van der Waals surface area contributed by atoms with Crippen molar-refractivity contribution in [1.29, 1.82) is 0 Å². The van der Waals surface area contributed by atoms with E-state index < -0.39 is 0 Å². The monoisotopic (exact) mass is 240 g/mol. The summed E-state index contributed by atoms with van der Waals surface area (Å²) in [6.07, 6.45) is 2.00. The zero-order valence-electron chi connectivity index (χ0n) is 11.9. The fourth-order valence-electron chi connectivity index (χ4n) is 2.83. The molecule has 0 bridgehead atoms. The van der Waals surface area contributed by atoms with Crippen molar-refractivity contribution in [3.05, 3.63) is 0 Å². The van der Waals surface area contributed by atoms with Gasteiger partial charge in [-0.05, 0) is 37.5 Å². The number of hydrogen-bond acceptors (Lipinski definition) is 2. The summed E-state index contributed by atoms with van der Waals surface area (Å²) < 4.78 is 0. The molecule has 17 heavy (non-hydrogen) atoms.